The van der Waals surface area contributed by atoms with Crippen LogP contribution in [0.4, 0.5) is 0 Å². The largest absolute Gasteiger partial charge is 0.317 e. The molecular formula is C15H30N2. The number of nitrogens with zero attached hydrogens (tertiary/aromatic N) is 1. The third kappa shape index (κ3) is 3.96. The number of piperidine rings is 1. The molecule has 1 atom stereocenters. The van der Waals surface area contributed by atoms with E-state index in [-0.39, 0.29) is 0 Å². The number of likely N-dealkylation sites (tertiary alicyclic amines) is 1. The Bertz CT molecular complexity index is 209. The average molecular weight is 238 g/mol. The van der Waals surface area contributed by atoms with Gasteiger partial charge >= 0.3 is 0 Å². The lowest BCUT2D eigenvalue weighted by Gasteiger charge is -2.39. The maximum Gasteiger partial charge on any atom is 0.0125 e. The first kappa shape index (κ1) is 13.4. The van der Waals surface area contributed by atoms with E-state index >= 15 is 0 Å². The van der Waals surface area contributed by atoms with Gasteiger partial charge in [0.1, 0.15) is 0 Å². The molecule has 1 unspecified atom stereocenters. The summed E-state index contributed by atoms with van der Waals surface area (Å²) in [6.07, 6.45) is 8.60. The smallest absolute Gasteiger partial charge is 0.0125 e. The van der Waals surface area contributed by atoms with E-state index in [9.17, 15) is 0 Å². The monoisotopic (exact) mass is 238 g/mol. The molecule has 2 aliphatic rings. The summed E-state index contributed by atoms with van der Waals surface area (Å²) in [5.74, 6) is 1.78. The van der Waals surface area contributed by atoms with Gasteiger partial charge in [-0.2, -0.15) is 0 Å². The molecule has 0 aromatic carbocycles. The van der Waals surface area contributed by atoms with Crippen LogP contribution in [0, 0.1) is 11.8 Å². The molecule has 0 aliphatic carbocycles. The van der Waals surface area contributed by atoms with Crippen molar-refractivity contribution in [3.05, 3.63) is 0 Å². The Morgan fingerprint density at radius 1 is 1.06 bits per heavy atom. The van der Waals surface area contributed by atoms with Gasteiger partial charge in [-0.3, -0.25) is 4.90 Å². The lowest BCUT2D eigenvalue weighted by molar-refractivity contribution is 0.110. The maximum atomic E-state index is 3.51. The highest BCUT2D eigenvalue weighted by molar-refractivity contribution is 4.85. The van der Waals surface area contributed by atoms with Gasteiger partial charge in [0.05, 0.1) is 0 Å². The fourth-order valence-corrected chi connectivity index (χ4v) is 3.65. The molecule has 0 radical (unpaired) electrons. The van der Waals surface area contributed by atoms with Gasteiger partial charge in [0.25, 0.3) is 0 Å². The molecule has 0 aromatic heterocycles. The van der Waals surface area contributed by atoms with E-state index in [1.54, 1.807) is 0 Å². The Labute approximate surface area is 107 Å². The van der Waals surface area contributed by atoms with Crippen LogP contribution in [-0.4, -0.2) is 37.1 Å². The Kier molecular flexibility index (Phi) is 5.30. The van der Waals surface area contributed by atoms with Crippen molar-refractivity contribution in [3.63, 3.8) is 0 Å². The summed E-state index contributed by atoms with van der Waals surface area (Å²) in [4.78, 5) is 2.83. The summed E-state index contributed by atoms with van der Waals surface area (Å²) >= 11 is 0. The molecule has 100 valence electrons. The zero-order chi connectivity index (χ0) is 12.1. The van der Waals surface area contributed by atoms with E-state index in [0.717, 1.165) is 17.9 Å². The van der Waals surface area contributed by atoms with Crippen molar-refractivity contribution in [2.75, 3.05) is 26.2 Å². The molecule has 2 nitrogen and oxygen atoms in total. The Balaban J connectivity index is 1.97. The SMILES string of the molecule is CC(C)CN1CCCCCC1C1CCNCC1. The van der Waals surface area contributed by atoms with Crippen LogP contribution in [-0.2, 0) is 0 Å². The normalized spacial score (nSPS) is 29.5. The molecule has 1 N–H and O–H groups in total. The summed E-state index contributed by atoms with van der Waals surface area (Å²) in [5, 5.41) is 3.51. The zero-order valence-electron chi connectivity index (χ0n) is 11.8. The lowest BCUT2D eigenvalue weighted by Crippen LogP contribution is -2.45. The van der Waals surface area contributed by atoms with Gasteiger partial charge < -0.3 is 5.32 Å². The third-order valence-corrected chi connectivity index (χ3v) is 4.44. The first-order valence-corrected chi connectivity index (χ1v) is 7.72. The molecule has 2 heteroatoms. The van der Waals surface area contributed by atoms with Crippen LogP contribution >= 0.6 is 0 Å². The molecule has 0 aromatic rings. The second kappa shape index (κ2) is 6.75. The van der Waals surface area contributed by atoms with Crippen LogP contribution in [0.25, 0.3) is 0 Å². The van der Waals surface area contributed by atoms with E-state index in [1.807, 2.05) is 0 Å². The van der Waals surface area contributed by atoms with E-state index in [2.05, 4.69) is 24.1 Å². The predicted octanol–water partition coefficient (Wildman–Crippen LogP) is 2.89. The van der Waals surface area contributed by atoms with Crippen LogP contribution in [0.3, 0.4) is 0 Å². The maximum absolute atomic E-state index is 3.51. The van der Waals surface area contributed by atoms with Crippen molar-refractivity contribution in [3.8, 4) is 0 Å². The Morgan fingerprint density at radius 2 is 1.82 bits per heavy atom. The number of rotatable bonds is 3. The highest BCUT2D eigenvalue weighted by atomic mass is 15.2. The highest BCUT2D eigenvalue weighted by Crippen LogP contribution is 2.28. The molecule has 0 saturated carbocycles. The van der Waals surface area contributed by atoms with Crippen LogP contribution in [0.15, 0.2) is 0 Å². The fourth-order valence-electron chi connectivity index (χ4n) is 3.65. The molecule has 2 heterocycles. The Hall–Kier alpha value is -0.0800. The van der Waals surface area contributed by atoms with Gasteiger partial charge in [-0.25, -0.2) is 0 Å². The minimum absolute atomic E-state index is 0.817. The van der Waals surface area contributed by atoms with Crippen LogP contribution in [0.5, 0.6) is 0 Å². The number of hydrogen-bond acceptors (Lipinski definition) is 2. The van der Waals surface area contributed by atoms with Crippen LogP contribution in [0.1, 0.15) is 52.4 Å². The molecule has 2 saturated heterocycles. The van der Waals surface area contributed by atoms with Gasteiger partial charge in [0.15, 0.2) is 0 Å². The number of nitrogens with one attached hydrogen (secondary N) is 1. The predicted molar refractivity (Wildman–Crippen MR) is 74.3 cm³/mol. The summed E-state index contributed by atoms with van der Waals surface area (Å²) in [7, 11) is 0. The average Bonchev–Trinajstić information content (AvgIpc) is 2.55. The van der Waals surface area contributed by atoms with Gasteiger partial charge in [0.2, 0.25) is 0 Å². The molecule has 2 aliphatic heterocycles. The van der Waals surface area contributed by atoms with Crippen molar-refractivity contribution >= 4 is 0 Å². The Morgan fingerprint density at radius 3 is 2.53 bits per heavy atom. The van der Waals surface area contributed by atoms with E-state index in [0.29, 0.717) is 0 Å². The van der Waals surface area contributed by atoms with Gasteiger partial charge in [-0.05, 0) is 57.2 Å². The van der Waals surface area contributed by atoms with E-state index in [4.69, 9.17) is 0 Å². The second-order valence-corrected chi connectivity index (χ2v) is 6.39. The molecular weight excluding hydrogens is 208 g/mol. The minimum Gasteiger partial charge on any atom is -0.317 e. The first-order valence-electron chi connectivity index (χ1n) is 7.72. The van der Waals surface area contributed by atoms with E-state index < -0.39 is 0 Å². The summed E-state index contributed by atoms with van der Waals surface area (Å²) < 4.78 is 0. The fraction of sp³-hybridized carbons (Fsp3) is 1.00. The molecule has 17 heavy (non-hydrogen) atoms. The topological polar surface area (TPSA) is 15.3 Å². The first-order chi connectivity index (χ1) is 8.27. The molecule has 0 amide bonds. The molecule has 0 spiro atoms. The van der Waals surface area contributed by atoms with Crippen molar-refractivity contribution < 1.29 is 0 Å². The lowest BCUT2D eigenvalue weighted by atomic mass is 9.86. The van der Waals surface area contributed by atoms with Gasteiger partial charge in [-0.15, -0.1) is 0 Å². The van der Waals surface area contributed by atoms with Crippen molar-refractivity contribution in [1.82, 2.24) is 10.2 Å². The minimum atomic E-state index is 0.817. The van der Waals surface area contributed by atoms with Gasteiger partial charge in [-0.1, -0.05) is 26.7 Å². The summed E-state index contributed by atoms with van der Waals surface area (Å²) in [6, 6.07) is 0.891. The molecule has 2 fully saturated rings. The highest BCUT2D eigenvalue weighted by Gasteiger charge is 2.29. The molecule has 0 bridgehead atoms. The van der Waals surface area contributed by atoms with Crippen molar-refractivity contribution in [2.24, 2.45) is 11.8 Å². The standard InChI is InChI=1S/C15H30N2/c1-13(2)12-17-11-5-3-4-6-15(17)14-7-9-16-10-8-14/h13-16H,3-12H2,1-2H3. The second-order valence-electron chi connectivity index (χ2n) is 6.39. The number of hydrogen-bond donors (Lipinski definition) is 1. The quantitative estimate of drug-likeness (QED) is 0.813. The van der Waals surface area contributed by atoms with Crippen LogP contribution in [0.2, 0.25) is 0 Å². The molecule has 2 rings (SSSR count). The third-order valence-electron chi connectivity index (χ3n) is 4.44. The summed E-state index contributed by atoms with van der Waals surface area (Å²) in [6.45, 7) is 9.89. The van der Waals surface area contributed by atoms with Gasteiger partial charge in [0, 0.05) is 12.6 Å². The van der Waals surface area contributed by atoms with Crippen molar-refractivity contribution in [2.45, 2.75) is 58.4 Å². The zero-order valence-corrected chi connectivity index (χ0v) is 11.8. The van der Waals surface area contributed by atoms with Crippen molar-refractivity contribution in [1.29, 1.82) is 0 Å². The summed E-state index contributed by atoms with van der Waals surface area (Å²) in [5.41, 5.74) is 0. The van der Waals surface area contributed by atoms with Crippen LogP contribution < -0.4 is 5.32 Å². The van der Waals surface area contributed by atoms with E-state index in [1.165, 1.54) is 64.7 Å².